The van der Waals surface area contributed by atoms with Crippen LogP contribution in [0.3, 0.4) is 0 Å². The molecule has 152 valence electrons. The molecule has 8 nitrogen and oxygen atoms in total. The van der Waals surface area contributed by atoms with Crippen molar-refractivity contribution in [2.24, 2.45) is 0 Å². The summed E-state index contributed by atoms with van der Waals surface area (Å²) in [4.78, 5) is 21.6. The fraction of sp³-hybridized carbons (Fsp3) is 0.400. The maximum absolute atomic E-state index is 13.1. The van der Waals surface area contributed by atoms with E-state index in [1.54, 1.807) is 21.7 Å². The molecule has 0 N–H and O–H groups in total. The summed E-state index contributed by atoms with van der Waals surface area (Å²) in [6.07, 6.45) is 0. The standard InChI is InChI=1S/C20H23ClN6O2/c1-13-10-14(2)27(23-13)18-5-4-17(21)19(22-18)20(28)26-8-6-25(7-9-26)12-16-11-15(3)29-24-16/h4-5,10-11H,6-9,12H2,1-3H3. The molecule has 0 unspecified atom stereocenters. The Morgan fingerprint density at radius 1 is 1.14 bits per heavy atom. The topological polar surface area (TPSA) is 80.3 Å². The Morgan fingerprint density at radius 3 is 2.52 bits per heavy atom. The van der Waals surface area contributed by atoms with Crippen molar-refractivity contribution in [1.29, 1.82) is 0 Å². The van der Waals surface area contributed by atoms with Crippen LogP contribution in [0.4, 0.5) is 0 Å². The smallest absolute Gasteiger partial charge is 0.274 e. The maximum Gasteiger partial charge on any atom is 0.274 e. The number of amides is 1. The molecule has 0 bridgehead atoms. The molecule has 1 saturated heterocycles. The van der Waals surface area contributed by atoms with Gasteiger partial charge in [-0.15, -0.1) is 0 Å². The van der Waals surface area contributed by atoms with E-state index in [2.05, 4.69) is 20.1 Å². The minimum Gasteiger partial charge on any atom is -0.361 e. The van der Waals surface area contributed by atoms with Crippen LogP contribution in [-0.2, 0) is 6.54 Å². The van der Waals surface area contributed by atoms with Crippen molar-refractivity contribution in [3.05, 3.63) is 57.8 Å². The second kappa shape index (κ2) is 7.96. The van der Waals surface area contributed by atoms with Gasteiger partial charge in [-0.25, -0.2) is 9.67 Å². The van der Waals surface area contributed by atoms with Gasteiger partial charge in [0.2, 0.25) is 0 Å². The number of pyridine rings is 1. The molecule has 1 aliphatic heterocycles. The predicted molar refractivity (Wildman–Crippen MR) is 108 cm³/mol. The zero-order valence-electron chi connectivity index (χ0n) is 16.7. The zero-order valence-corrected chi connectivity index (χ0v) is 17.5. The molecule has 0 aromatic carbocycles. The number of aromatic nitrogens is 4. The Labute approximate surface area is 174 Å². The van der Waals surface area contributed by atoms with Gasteiger partial charge in [0, 0.05) is 44.5 Å². The van der Waals surface area contributed by atoms with Crippen molar-refractivity contribution in [3.63, 3.8) is 0 Å². The highest BCUT2D eigenvalue weighted by atomic mass is 35.5. The van der Waals surface area contributed by atoms with Crippen molar-refractivity contribution >= 4 is 17.5 Å². The van der Waals surface area contributed by atoms with Gasteiger partial charge in [-0.3, -0.25) is 9.69 Å². The third-order valence-electron chi connectivity index (χ3n) is 4.98. The minimum atomic E-state index is -0.157. The molecule has 0 aliphatic carbocycles. The Hall–Kier alpha value is -2.71. The first-order chi connectivity index (χ1) is 13.9. The molecule has 4 heterocycles. The lowest BCUT2D eigenvalue weighted by molar-refractivity contribution is 0.0620. The summed E-state index contributed by atoms with van der Waals surface area (Å²) < 4.78 is 6.85. The lowest BCUT2D eigenvalue weighted by atomic mass is 10.2. The third-order valence-corrected chi connectivity index (χ3v) is 5.29. The van der Waals surface area contributed by atoms with Gasteiger partial charge in [-0.2, -0.15) is 5.10 Å². The summed E-state index contributed by atoms with van der Waals surface area (Å²) in [7, 11) is 0. The Balaban J connectivity index is 1.46. The Bertz CT molecular complexity index is 1040. The van der Waals surface area contributed by atoms with Crippen LogP contribution in [0.25, 0.3) is 5.82 Å². The van der Waals surface area contributed by atoms with Gasteiger partial charge in [0.15, 0.2) is 5.82 Å². The van der Waals surface area contributed by atoms with Gasteiger partial charge >= 0.3 is 0 Å². The highest BCUT2D eigenvalue weighted by Crippen LogP contribution is 2.20. The van der Waals surface area contributed by atoms with Gasteiger partial charge in [0.05, 0.1) is 16.4 Å². The molecule has 0 saturated carbocycles. The number of rotatable bonds is 4. The first-order valence-corrected chi connectivity index (χ1v) is 9.92. The molecule has 0 atom stereocenters. The summed E-state index contributed by atoms with van der Waals surface area (Å²) >= 11 is 6.31. The van der Waals surface area contributed by atoms with Gasteiger partial charge in [0.1, 0.15) is 11.5 Å². The van der Waals surface area contributed by atoms with E-state index in [9.17, 15) is 4.79 Å². The van der Waals surface area contributed by atoms with Gasteiger partial charge in [-0.05, 0) is 39.0 Å². The highest BCUT2D eigenvalue weighted by molar-refractivity contribution is 6.33. The molecule has 3 aromatic rings. The van der Waals surface area contributed by atoms with Crippen LogP contribution in [0.1, 0.15) is 33.3 Å². The number of hydrogen-bond donors (Lipinski definition) is 0. The van der Waals surface area contributed by atoms with Crippen LogP contribution in [0.15, 0.2) is 28.8 Å². The lowest BCUT2D eigenvalue weighted by Crippen LogP contribution is -2.48. The van der Waals surface area contributed by atoms with Crippen LogP contribution in [0.2, 0.25) is 5.02 Å². The van der Waals surface area contributed by atoms with E-state index < -0.39 is 0 Å². The molecule has 0 spiro atoms. The second-order valence-electron chi connectivity index (χ2n) is 7.34. The zero-order chi connectivity index (χ0) is 20.5. The number of carbonyl (C=O) groups is 1. The summed E-state index contributed by atoms with van der Waals surface area (Å²) in [5.74, 6) is 1.23. The van der Waals surface area contributed by atoms with Gasteiger partial charge in [-0.1, -0.05) is 16.8 Å². The summed E-state index contributed by atoms with van der Waals surface area (Å²) in [5, 5.41) is 8.83. The molecule has 1 fully saturated rings. The van der Waals surface area contributed by atoms with Crippen LogP contribution >= 0.6 is 11.6 Å². The number of aryl methyl sites for hydroxylation is 3. The van der Waals surface area contributed by atoms with Crippen molar-refractivity contribution in [2.75, 3.05) is 26.2 Å². The molecule has 4 rings (SSSR count). The normalized spacial score (nSPS) is 15.1. The van der Waals surface area contributed by atoms with Crippen LogP contribution in [0.5, 0.6) is 0 Å². The quantitative estimate of drug-likeness (QED) is 0.653. The van der Waals surface area contributed by atoms with Gasteiger partial charge in [0.25, 0.3) is 5.91 Å². The predicted octanol–water partition coefficient (Wildman–Crippen LogP) is 2.79. The lowest BCUT2D eigenvalue weighted by Gasteiger charge is -2.34. The molecule has 1 aliphatic rings. The Morgan fingerprint density at radius 2 is 1.90 bits per heavy atom. The number of piperazine rings is 1. The van der Waals surface area contributed by atoms with Crippen molar-refractivity contribution in [1.82, 2.24) is 29.7 Å². The fourth-order valence-corrected chi connectivity index (χ4v) is 3.73. The average molecular weight is 415 g/mol. The van der Waals surface area contributed by atoms with E-state index in [1.807, 2.05) is 32.9 Å². The molecule has 1 amide bonds. The maximum atomic E-state index is 13.1. The number of hydrogen-bond acceptors (Lipinski definition) is 6. The molecule has 0 radical (unpaired) electrons. The third kappa shape index (κ3) is 4.18. The number of halogens is 1. The van der Waals surface area contributed by atoms with E-state index in [4.69, 9.17) is 16.1 Å². The van der Waals surface area contributed by atoms with Crippen molar-refractivity contribution < 1.29 is 9.32 Å². The van der Waals surface area contributed by atoms with Crippen molar-refractivity contribution in [3.8, 4) is 5.82 Å². The average Bonchev–Trinajstić information content (AvgIpc) is 3.26. The molecule has 29 heavy (non-hydrogen) atoms. The minimum absolute atomic E-state index is 0.157. The van der Waals surface area contributed by atoms with Crippen molar-refractivity contribution in [2.45, 2.75) is 27.3 Å². The summed E-state index contributed by atoms with van der Waals surface area (Å²) in [6.45, 7) is 9.20. The van der Waals surface area contributed by atoms with E-state index >= 15 is 0 Å². The van der Waals surface area contributed by atoms with Crippen LogP contribution < -0.4 is 0 Å². The van der Waals surface area contributed by atoms with E-state index in [-0.39, 0.29) is 11.6 Å². The van der Waals surface area contributed by atoms with E-state index in [0.29, 0.717) is 30.5 Å². The summed E-state index contributed by atoms with van der Waals surface area (Å²) in [5.41, 5.74) is 3.01. The monoisotopic (exact) mass is 414 g/mol. The fourth-order valence-electron chi connectivity index (χ4n) is 3.54. The van der Waals surface area contributed by atoms with Gasteiger partial charge < -0.3 is 9.42 Å². The summed E-state index contributed by atoms with van der Waals surface area (Å²) in [6, 6.07) is 7.38. The highest BCUT2D eigenvalue weighted by Gasteiger charge is 2.25. The molecule has 9 heteroatoms. The second-order valence-corrected chi connectivity index (χ2v) is 7.74. The first kappa shape index (κ1) is 19.6. The number of carbonyl (C=O) groups excluding carboxylic acids is 1. The molecule has 3 aromatic heterocycles. The van der Waals surface area contributed by atoms with E-state index in [0.717, 1.165) is 35.9 Å². The Kier molecular flexibility index (Phi) is 5.38. The number of nitrogens with zero attached hydrogens (tertiary/aromatic N) is 6. The van der Waals surface area contributed by atoms with Crippen LogP contribution in [0, 0.1) is 20.8 Å². The van der Waals surface area contributed by atoms with Crippen LogP contribution in [-0.4, -0.2) is 61.8 Å². The molecular formula is C20H23ClN6O2. The first-order valence-electron chi connectivity index (χ1n) is 9.55. The SMILES string of the molecule is Cc1cc(C)n(-c2ccc(Cl)c(C(=O)N3CCN(Cc4cc(C)on4)CC3)n2)n1. The largest absolute Gasteiger partial charge is 0.361 e. The molecular weight excluding hydrogens is 392 g/mol. The van der Waals surface area contributed by atoms with E-state index in [1.165, 1.54) is 0 Å².